The summed E-state index contributed by atoms with van der Waals surface area (Å²) in [5.41, 5.74) is 1.65. The second-order valence-corrected chi connectivity index (χ2v) is 5.15. The highest BCUT2D eigenvalue weighted by molar-refractivity contribution is 6.02. The van der Waals surface area contributed by atoms with Crippen LogP contribution in [0.25, 0.3) is 0 Å². The van der Waals surface area contributed by atoms with Gasteiger partial charge in [-0.2, -0.15) is 0 Å². The lowest BCUT2D eigenvalue weighted by atomic mass is 10.0. The van der Waals surface area contributed by atoms with Crippen LogP contribution in [0.4, 0.5) is 0 Å². The maximum atomic E-state index is 12.1. The molecule has 0 aliphatic carbocycles. The van der Waals surface area contributed by atoms with Crippen LogP contribution >= 0.6 is 0 Å². The molecule has 0 unspecified atom stereocenters. The molecule has 23 heavy (non-hydrogen) atoms. The van der Waals surface area contributed by atoms with Gasteiger partial charge in [-0.3, -0.25) is 14.4 Å². The largest absolute Gasteiger partial charge is 0.352 e. The van der Waals surface area contributed by atoms with E-state index in [0.717, 1.165) is 0 Å². The van der Waals surface area contributed by atoms with Crippen molar-refractivity contribution in [2.24, 2.45) is 0 Å². The van der Waals surface area contributed by atoms with Gasteiger partial charge in [-0.15, -0.1) is 0 Å². The number of benzene rings is 2. The van der Waals surface area contributed by atoms with Crippen molar-refractivity contribution in [3.8, 4) is 0 Å². The molecule has 0 heterocycles. The number of hydrogen-bond donors (Lipinski definition) is 1. The zero-order valence-corrected chi connectivity index (χ0v) is 13.0. The summed E-state index contributed by atoms with van der Waals surface area (Å²) in [5.74, 6) is -0.305. The van der Waals surface area contributed by atoms with Gasteiger partial charge < -0.3 is 5.32 Å². The Morgan fingerprint density at radius 3 is 1.74 bits per heavy atom. The van der Waals surface area contributed by atoms with Crippen molar-refractivity contribution < 1.29 is 14.4 Å². The minimum absolute atomic E-state index is 0.0436. The van der Waals surface area contributed by atoms with Crippen LogP contribution in [-0.4, -0.2) is 24.0 Å². The molecular weight excluding hydrogens is 290 g/mol. The number of nitrogens with one attached hydrogen (secondary N) is 1. The lowest BCUT2D eigenvalue weighted by Gasteiger charge is -2.04. The second kappa shape index (κ2) is 8.03. The van der Waals surface area contributed by atoms with E-state index in [4.69, 9.17) is 0 Å². The number of carbonyl (C=O) groups is 3. The summed E-state index contributed by atoms with van der Waals surface area (Å²) in [6.45, 7) is 2.40. The van der Waals surface area contributed by atoms with Crippen LogP contribution in [0.5, 0.6) is 0 Å². The number of Topliss-reactive ketones (excluding diaryl/α,β-unsaturated/α-hetero) is 2. The summed E-state index contributed by atoms with van der Waals surface area (Å²) in [7, 11) is 0. The van der Waals surface area contributed by atoms with Gasteiger partial charge in [-0.1, -0.05) is 42.5 Å². The van der Waals surface area contributed by atoms with Crippen LogP contribution in [0, 0.1) is 0 Å². The van der Waals surface area contributed by atoms with Crippen LogP contribution in [-0.2, 0) is 0 Å². The number of amides is 1. The highest BCUT2D eigenvalue weighted by Crippen LogP contribution is 2.11. The third-order valence-electron chi connectivity index (χ3n) is 3.48. The first-order valence-corrected chi connectivity index (χ1v) is 7.61. The fraction of sp³-hybridized carbons (Fsp3) is 0.211. The summed E-state index contributed by atoms with van der Waals surface area (Å²) < 4.78 is 0. The van der Waals surface area contributed by atoms with E-state index in [0.29, 0.717) is 23.2 Å². The van der Waals surface area contributed by atoms with Crippen molar-refractivity contribution in [2.75, 3.05) is 6.54 Å². The van der Waals surface area contributed by atoms with Gasteiger partial charge in [0.1, 0.15) is 0 Å². The maximum Gasteiger partial charge on any atom is 0.251 e. The summed E-state index contributed by atoms with van der Waals surface area (Å²) in [5, 5.41) is 2.70. The minimum Gasteiger partial charge on any atom is -0.352 e. The topological polar surface area (TPSA) is 63.2 Å². The molecule has 2 aromatic rings. The molecule has 2 aromatic carbocycles. The number of rotatable bonds is 7. The van der Waals surface area contributed by atoms with E-state index in [1.54, 1.807) is 48.5 Å². The van der Waals surface area contributed by atoms with Crippen LogP contribution in [0.1, 0.15) is 50.8 Å². The Bertz CT molecular complexity index is 690. The zero-order chi connectivity index (χ0) is 16.7. The molecule has 0 bridgehead atoms. The van der Waals surface area contributed by atoms with Crippen molar-refractivity contribution in [3.63, 3.8) is 0 Å². The van der Waals surface area contributed by atoms with Crippen LogP contribution in [0.15, 0.2) is 54.6 Å². The molecule has 4 heteroatoms. The average molecular weight is 309 g/mol. The molecule has 0 radical (unpaired) electrons. The van der Waals surface area contributed by atoms with Gasteiger partial charge in [-0.25, -0.2) is 0 Å². The maximum absolute atomic E-state index is 12.1. The Kier molecular flexibility index (Phi) is 5.80. The molecule has 1 amide bonds. The average Bonchev–Trinajstić information content (AvgIpc) is 2.60. The molecule has 0 aliphatic heterocycles. The van der Waals surface area contributed by atoms with Crippen molar-refractivity contribution >= 4 is 17.5 Å². The Morgan fingerprint density at radius 2 is 1.22 bits per heavy atom. The van der Waals surface area contributed by atoms with Gasteiger partial charge >= 0.3 is 0 Å². The minimum atomic E-state index is -0.161. The molecule has 0 saturated heterocycles. The summed E-state index contributed by atoms with van der Waals surface area (Å²) >= 11 is 0. The lowest BCUT2D eigenvalue weighted by molar-refractivity contribution is 0.0917. The SMILES string of the molecule is CCNC(=O)c1ccc(C(=O)CCC(=O)c2ccccc2)cc1. The molecule has 1 N–H and O–H groups in total. The Labute approximate surface area is 135 Å². The molecule has 118 valence electrons. The van der Waals surface area contributed by atoms with E-state index in [-0.39, 0.29) is 30.3 Å². The monoisotopic (exact) mass is 309 g/mol. The quantitative estimate of drug-likeness (QED) is 0.798. The first-order valence-electron chi connectivity index (χ1n) is 7.61. The highest BCUT2D eigenvalue weighted by Gasteiger charge is 2.12. The third kappa shape index (κ3) is 4.61. The van der Waals surface area contributed by atoms with Gasteiger partial charge in [0, 0.05) is 36.1 Å². The fourth-order valence-corrected chi connectivity index (χ4v) is 2.21. The van der Waals surface area contributed by atoms with E-state index in [1.807, 2.05) is 13.0 Å². The summed E-state index contributed by atoms with van der Waals surface area (Å²) in [6.07, 6.45) is 0.342. The van der Waals surface area contributed by atoms with Gasteiger partial charge in [0.15, 0.2) is 11.6 Å². The van der Waals surface area contributed by atoms with E-state index in [1.165, 1.54) is 0 Å². The van der Waals surface area contributed by atoms with E-state index in [9.17, 15) is 14.4 Å². The predicted molar refractivity (Wildman–Crippen MR) is 88.8 cm³/mol. The molecule has 0 saturated carbocycles. The molecule has 0 atom stereocenters. The fourth-order valence-electron chi connectivity index (χ4n) is 2.21. The first-order chi connectivity index (χ1) is 11.1. The van der Waals surface area contributed by atoms with Crippen LogP contribution in [0.3, 0.4) is 0 Å². The predicted octanol–water partition coefficient (Wildman–Crippen LogP) is 3.28. The van der Waals surface area contributed by atoms with Crippen molar-refractivity contribution in [1.29, 1.82) is 0 Å². The number of hydrogen-bond acceptors (Lipinski definition) is 3. The smallest absolute Gasteiger partial charge is 0.251 e. The molecule has 0 aromatic heterocycles. The lowest BCUT2D eigenvalue weighted by Crippen LogP contribution is -2.22. The van der Waals surface area contributed by atoms with E-state index in [2.05, 4.69) is 5.32 Å². The van der Waals surface area contributed by atoms with Crippen LogP contribution in [0.2, 0.25) is 0 Å². The number of carbonyl (C=O) groups excluding carboxylic acids is 3. The molecule has 2 rings (SSSR count). The number of ketones is 2. The molecular formula is C19H19NO3. The van der Waals surface area contributed by atoms with Crippen molar-refractivity contribution in [2.45, 2.75) is 19.8 Å². The standard InChI is InChI=1S/C19H19NO3/c1-2-20-19(23)16-10-8-15(9-11-16)18(22)13-12-17(21)14-6-4-3-5-7-14/h3-11H,2,12-13H2,1H3,(H,20,23). The van der Waals surface area contributed by atoms with Gasteiger partial charge in [-0.05, 0) is 19.1 Å². The molecule has 0 spiro atoms. The first kappa shape index (κ1) is 16.6. The Balaban J connectivity index is 1.93. The van der Waals surface area contributed by atoms with Crippen molar-refractivity contribution in [1.82, 2.24) is 5.32 Å². The Morgan fingerprint density at radius 1 is 0.739 bits per heavy atom. The summed E-state index contributed by atoms with van der Waals surface area (Å²) in [4.78, 5) is 35.8. The molecule has 4 nitrogen and oxygen atoms in total. The van der Waals surface area contributed by atoms with Gasteiger partial charge in [0.05, 0.1) is 0 Å². The second-order valence-electron chi connectivity index (χ2n) is 5.15. The van der Waals surface area contributed by atoms with E-state index >= 15 is 0 Å². The van der Waals surface area contributed by atoms with E-state index < -0.39 is 0 Å². The Hall–Kier alpha value is -2.75. The summed E-state index contributed by atoms with van der Waals surface area (Å²) in [6, 6.07) is 15.4. The highest BCUT2D eigenvalue weighted by atomic mass is 16.1. The van der Waals surface area contributed by atoms with Gasteiger partial charge in [0.2, 0.25) is 0 Å². The normalized spacial score (nSPS) is 10.1. The van der Waals surface area contributed by atoms with Crippen molar-refractivity contribution in [3.05, 3.63) is 71.3 Å². The third-order valence-corrected chi connectivity index (χ3v) is 3.48. The molecule has 0 fully saturated rings. The zero-order valence-electron chi connectivity index (χ0n) is 13.0. The van der Waals surface area contributed by atoms with Crippen LogP contribution < -0.4 is 5.32 Å². The van der Waals surface area contributed by atoms with Gasteiger partial charge in [0.25, 0.3) is 5.91 Å². The molecule has 0 aliphatic rings.